The summed E-state index contributed by atoms with van der Waals surface area (Å²) in [7, 11) is -3.67. The molecular formula is C17H20ClFNO3P. The highest BCUT2D eigenvalue weighted by molar-refractivity contribution is 7.54. The molecule has 1 unspecified atom stereocenters. The van der Waals surface area contributed by atoms with E-state index in [9.17, 15) is 8.96 Å². The lowest BCUT2D eigenvalue weighted by atomic mass is 10.2. The minimum Gasteiger partial charge on any atom is -0.367 e. The van der Waals surface area contributed by atoms with Crippen molar-refractivity contribution >= 4 is 24.9 Å². The number of benzene rings is 2. The number of hydrogen-bond donors (Lipinski definition) is 1. The van der Waals surface area contributed by atoms with Crippen molar-refractivity contribution < 1.29 is 18.0 Å². The second-order valence-electron chi connectivity index (χ2n) is 4.92. The molecule has 0 aromatic heterocycles. The van der Waals surface area contributed by atoms with Gasteiger partial charge in [0.25, 0.3) is 0 Å². The van der Waals surface area contributed by atoms with E-state index in [1.54, 1.807) is 56.3 Å². The Hall–Kier alpha value is -1.39. The van der Waals surface area contributed by atoms with Crippen LogP contribution < -0.4 is 5.32 Å². The Kier molecular flexibility index (Phi) is 6.81. The van der Waals surface area contributed by atoms with Crippen molar-refractivity contribution in [3.63, 3.8) is 0 Å². The van der Waals surface area contributed by atoms with Gasteiger partial charge in [-0.2, -0.15) is 0 Å². The first-order valence-corrected chi connectivity index (χ1v) is 9.65. The second kappa shape index (κ2) is 8.63. The summed E-state index contributed by atoms with van der Waals surface area (Å²) < 4.78 is 38.4. The third-order valence-electron chi connectivity index (χ3n) is 3.30. The van der Waals surface area contributed by atoms with Crippen molar-refractivity contribution in [1.82, 2.24) is 0 Å². The fraction of sp³-hybridized carbons (Fsp3) is 0.294. The zero-order valence-electron chi connectivity index (χ0n) is 13.5. The van der Waals surface area contributed by atoms with Crippen LogP contribution in [0.1, 0.15) is 25.2 Å². The normalized spacial score (nSPS) is 12.8. The molecule has 130 valence electrons. The number of nitrogens with one attached hydrogen (secondary N) is 1. The number of halogens is 2. The lowest BCUT2D eigenvalue weighted by Gasteiger charge is -2.28. The van der Waals surface area contributed by atoms with Crippen molar-refractivity contribution in [2.75, 3.05) is 18.5 Å². The molecule has 0 aliphatic heterocycles. The summed E-state index contributed by atoms with van der Waals surface area (Å²) >= 11 is 6.17. The summed E-state index contributed by atoms with van der Waals surface area (Å²) in [6.07, 6.45) is 0. The fourth-order valence-electron chi connectivity index (χ4n) is 2.30. The van der Waals surface area contributed by atoms with Gasteiger partial charge in [-0.15, -0.1) is 0 Å². The van der Waals surface area contributed by atoms with Crippen LogP contribution in [0.3, 0.4) is 0 Å². The monoisotopic (exact) mass is 371 g/mol. The topological polar surface area (TPSA) is 47.6 Å². The molecule has 7 heteroatoms. The van der Waals surface area contributed by atoms with Crippen LogP contribution in [-0.2, 0) is 13.6 Å². The van der Waals surface area contributed by atoms with Gasteiger partial charge in [0.05, 0.1) is 23.9 Å². The maximum absolute atomic E-state index is 14.3. The zero-order valence-corrected chi connectivity index (χ0v) is 15.2. The predicted molar refractivity (Wildman–Crippen MR) is 95.1 cm³/mol. The molecule has 0 saturated carbocycles. The highest BCUT2D eigenvalue weighted by atomic mass is 35.5. The second-order valence-corrected chi connectivity index (χ2v) is 7.44. The molecule has 0 amide bonds. The van der Waals surface area contributed by atoms with E-state index < -0.39 is 19.2 Å². The van der Waals surface area contributed by atoms with Crippen LogP contribution >= 0.6 is 19.2 Å². The maximum atomic E-state index is 14.3. The Balaban J connectivity index is 2.51. The number of anilines is 1. The number of rotatable bonds is 8. The third kappa shape index (κ3) is 4.37. The standard InChI is InChI=1S/C17H20ClFNO3P/c1-3-22-24(21,23-4-2)17(13-9-5-7-11-15(13)19)20-16-12-8-6-10-14(16)18/h5-12,17,20H,3-4H2,1-2H3. The van der Waals surface area contributed by atoms with E-state index in [0.29, 0.717) is 10.7 Å². The minimum atomic E-state index is -3.67. The highest BCUT2D eigenvalue weighted by Crippen LogP contribution is 2.61. The Morgan fingerprint density at radius 1 is 1.08 bits per heavy atom. The van der Waals surface area contributed by atoms with E-state index in [0.717, 1.165) is 0 Å². The molecule has 24 heavy (non-hydrogen) atoms. The van der Waals surface area contributed by atoms with Gasteiger partial charge in [-0.05, 0) is 32.0 Å². The van der Waals surface area contributed by atoms with Crippen molar-refractivity contribution in [3.8, 4) is 0 Å². The number of para-hydroxylation sites is 1. The first kappa shape index (κ1) is 18.9. The molecule has 0 saturated heterocycles. The Labute approximate surface area is 146 Å². The SMILES string of the molecule is CCOP(=O)(OCC)C(Nc1ccccc1Cl)c1ccccc1F. The average Bonchev–Trinajstić information content (AvgIpc) is 2.55. The molecule has 0 aliphatic rings. The quantitative estimate of drug-likeness (QED) is 0.591. The Bertz CT molecular complexity index is 718. The third-order valence-corrected chi connectivity index (χ3v) is 5.91. The molecular weight excluding hydrogens is 352 g/mol. The molecule has 0 fully saturated rings. The van der Waals surface area contributed by atoms with Crippen LogP contribution in [0.25, 0.3) is 0 Å². The lowest BCUT2D eigenvalue weighted by Crippen LogP contribution is -2.16. The van der Waals surface area contributed by atoms with Gasteiger partial charge in [0.15, 0.2) is 5.78 Å². The Morgan fingerprint density at radius 3 is 2.25 bits per heavy atom. The van der Waals surface area contributed by atoms with Crippen molar-refractivity contribution in [1.29, 1.82) is 0 Å². The number of hydrogen-bond acceptors (Lipinski definition) is 4. The van der Waals surface area contributed by atoms with Crippen molar-refractivity contribution in [2.45, 2.75) is 19.6 Å². The molecule has 0 bridgehead atoms. The summed E-state index contributed by atoms with van der Waals surface area (Å²) in [4.78, 5) is 0. The van der Waals surface area contributed by atoms with Gasteiger partial charge in [-0.25, -0.2) is 4.39 Å². The van der Waals surface area contributed by atoms with E-state index in [-0.39, 0.29) is 18.8 Å². The molecule has 1 atom stereocenters. The van der Waals surface area contributed by atoms with Gasteiger partial charge in [0, 0.05) is 5.56 Å². The van der Waals surface area contributed by atoms with Gasteiger partial charge < -0.3 is 14.4 Å². The van der Waals surface area contributed by atoms with Crippen LogP contribution in [0.15, 0.2) is 48.5 Å². The van der Waals surface area contributed by atoms with Gasteiger partial charge in [0.2, 0.25) is 0 Å². The average molecular weight is 372 g/mol. The summed E-state index contributed by atoms with van der Waals surface area (Å²) in [5.74, 6) is -1.51. The van der Waals surface area contributed by atoms with Crippen LogP contribution in [0.5, 0.6) is 0 Å². The van der Waals surface area contributed by atoms with Gasteiger partial charge in [-0.1, -0.05) is 41.9 Å². The molecule has 2 aromatic rings. The molecule has 4 nitrogen and oxygen atoms in total. The van der Waals surface area contributed by atoms with Crippen LogP contribution in [0, 0.1) is 5.82 Å². The van der Waals surface area contributed by atoms with Crippen molar-refractivity contribution in [2.24, 2.45) is 0 Å². The van der Waals surface area contributed by atoms with Gasteiger partial charge in [-0.3, -0.25) is 4.57 Å². The summed E-state index contributed by atoms with van der Waals surface area (Å²) in [5, 5.41) is 3.46. The van der Waals surface area contributed by atoms with E-state index in [4.69, 9.17) is 20.6 Å². The highest BCUT2D eigenvalue weighted by Gasteiger charge is 2.38. The maximum Gasteiger partial charge on any atom is 0.357 e. The van der Waals surface area contributed by atoms with Crippen molar-refractivity contribution in [3.05, 3.63) is 64.9 Å². The smallest absolute Gasteiger partial charge is 0.357 e. The van der Waals surface area contributed by atoms with E-state index >= 15 is 0 Å². The molecule has 1 N–H and O–H groups in total. The lowest BCUT2D eigenvalue weighted by molar-refractivity contribution is 0.213. The largest absolute Gasteiger partial charge is 0.367 e. The summed E-state index contributed by atoms with van der Waals surface area (Å²) in [6, 6.07) is 13.1. The summed E-state index contributed by atoms with van der Waals surface area (Å²) in [5.41, 5.74) is 0.717. The summed E-state index contributed by atoms with van der Waals surface area (Å²) in [6.45, 7) is 3.76. The van der Waals surface area contributed by atoms with Crippen LogP contribution in [-0.4, -0.2) is 13.2 Å². The van der Waals surface area contributed by atoms with Crippen LogP contribution in [0.4, 0.5) is 10.1 Å². The predicted octanol–water partition coefficient (Wildman–Crippen LogP) is 5.86. The van der Waals surface area contributed by atoms with E-state index in [1.165, 1.54) is 6.07 Å². The molecule has 0 spiro atoms. The molecule has 0 heterocycles. The van der Waals surface area contributed by atoms with Gasteiger partial charge >= 0.3 is 7.60 Å². The van der Waals surface area contributed by atoms with E-state index in [2.05, 4.69) is 5.32 Å². The molecule has 2 rings (SSSR count). The molecule has 2 aromatic carbocycles. The fourth-order valence-corrected chi connectivity index (χ4v) is 4.43. The zero-order chi connectivity index (χ0) is 17.6. The molecule has 0 radical (unpaired) electrons. The minimum absolute atomic E-state index is 0.173. The molecule has 0 aliphatic carbocycles. The Morgan fingerprint density at radius 2 is 1.67 bits per heavy atom. The van der Waals surface area contributed by atoms with Gasteiger partial charge in [0.1, 0.15) is 5.82 Å². The first-order chi connectivity index (χ1) is 11.5. The van der Waals surface area contributed by atoms with Crippen LogP contribution in [0.2, 0.25) is 5.02 Å². The first-order valence-electron chi connectivity index (χ1n) is 7.66. The van der Waals surface area contributed by atoms with E-state index in [1.807, 2.05) is 0 Å².